The lowest BCUT2D eigenvalue weighted by molar-refractivity contribution is 0.0977. The summed E-state index contributed by atoms with van der Waals surface area (Å²) in [5, 5.41) is 9.15. The molecule has 0 spiro atoms. The van der Waals surface area contributed by atoms with Crippen molar-refractivity contribution in [2.45, 2.75) is 6.61 Å². The standard InChI is InChI=1S/C16H11ClF2N2O4S/c1-26(23,24)21-16(22)11-5-14(19)15(6-13(11)18)25-8-9-2-3-12(17)10(4-9)7-20/h2-6H,8H2,1H3,(H,21,22). The van der Waals surface area contributed by atoms with Crippen molar-refractivity contribution in [3.63, 3.8) is 0 Å². The molecule has 0 saturated heterocycles. The number of nitriles is 1. The summed E-state index contributed by atoms with van der Waals surface area (Å²) in [6, 6.07) is 7.49. The average molecular weight is 401 g/mol. The summed E-state index contributed by atoms with van der Waals surface area (Å²) >= 11 is 5.80. The van der Waals surface area contributed by atoms with Gasteiger partial charge in [-0.25, -0.2) is 21.9 Å². The molecule has 0 aromatic heterocycles. The van der Waals surface area contributed by atoms with Crippen LogP contribution in [0.4, 0.5) is 8.78 Å². The number of rotatable bonds is 5. The van der Waals surface area contributed by atoms with Gasteiger partial charge in [-0.3, -0.25) is 4.79 Å². The summed E-state index contributed by atoms with van der Waals surface area (Å²) in [5.41, 5.74) is -0.0876. The second-order valence-corrected chi connectivity index (χ2v) is 7.34. The molecule has 2 aromatic carbocycles. The highest BCUT2D eigenvalue weighted by Crippen LogP contribution is 2.24. The summed E-state index contributed by atoms with van der Waals surface area (Å²) in [5.74, 6) is -3.99. The second-order valence-electron chi connectivity index (χ2n) is 5.18. The van der Waals surface area contributed by atoms with E-state index in [4.69, 9.17) is 21.6 Å². The van der Waals surface area contributed by atoms with Gasteiger partial charge in [-0.15, -0.1) is 0 Å². The predicted octanol–water partition coefficient (Wildman–Crippen LogP) is 2.76. The Morgan fingerprint density at radius 3 is 2.58 bits per heavy atom. The first kappa shape index (κ1) is 19.6. The zero-order chi connectivity index (χ0) is 19.5. The van der Waals surface area contributed by atoms with E-state index in [9.17, 15) is 22.0 Å². The van der Waals surface area contributed by atoms with Crippen molar-refractivity contribution in [1.29, 1.82) is 5.26 Å². The Bertz CT molecular complexity index is 1020. The maximum absolute atomic E-state index is 14.0. The number of halogens is 3. The van der Waals surface area contributed by atoms with Crippen molar-refractivity contribution in [3.8, 4) is 11.8 Å². The lowest BCUT2D eigenvalue weighted by atomic mass is 10.1. The van der Waals surface area contributed by atoms with E-state index >= 15 is 0 Å². The molecule has 0 aliphatic rings. The third kappa shape index (κ3) is 4.91. The zero-order valence-electron chi connectivity index (χ0n) is 13.2. The van der Waals surface area contributed by atoms with Crippen LogP contribution >= 0.6 is 11.6 Å². The molecule has 0 aliphatic carbocycles. The number of carbonyl (C=O) groups is 1. The molecule has 1 amide bonds. The topological polar surface area (TPSA) is 96.3 Å². The van der Waals surface area contributed by atoms with Gasteiger partial charge in [0.1, 0.15) is 18.5 Å². The van der Waals surface area contributed by atoms with E-state index in [0.717, 1.165) is 0 Å². The lowest BCUT2D eigenvalue weighted by Crippen LogP contribution is -2.30. The van der Waals surface area contributed by atoms with Crippen molar-refractivity contribution < 1.29 is 26.7 Å². The summed E-state index contributed by atoms with van der Waals surface area (Å²) in [4.78, 5) is 11.6. The summed E-state index contributed by atoms with van der Waals surface area (Å²) in [7, 11) is -3.92. The summed E-state index contributed by atoms with van der Waals surface area (Å²) in [6.07, 6.45) is 0.707. The minimum atomic E-state index is -3.92. The monoisotopic (exact) mass is 400 g/mol. The van der Waals surface area contributed by atoms with Crippen LogP contribution in [-0.4, -0.2) is 20.6 Å². The Balaban J connectivity index is 2.20. The fraction of sp³-hybridized carbons (Fsp3) is 0.125. The predicted molar refractivity (Wildman–Crippen MR) is 89.2 cm³/mol. The van der Waals surface area contributed by atoms with Gasteiger partial charge in [-0.2, -0.15) is 5.26 Å². The van der Waals surface area contributed by atoms with Crippen molar-refractivity contribution in [1.82, 2.24) is 4.72 Å². The molecule has 1 N–H and O–H groups in total. The molecule has 2 rings (SSSR count). The first-order valence-corrected chi connectivity index (χ1v) is 9.20. The van der Waals surface area contributed by atoms with Crippen LogP contribution in [0.15, 0.2) is 30.3 Å². The van der Waals surface area contributed by atoms with Crippen LogP contribution in [0.2, 0.25) is 5.02 Å². The number of nitrogens with zero attached hydrogens (tertiary/aromatic N) is 1. The minimum Gasteiger partial charge on any atom is -0.486 e. The maximum atomic E-state index is 14.0. The van der Waals surface area contributed by atoms with Gasteiger partial charge in [0, 0.05) is 6.07 Å². The number of sulfonamides is 1. The van der Waals surface area contributed by atoms with E-state index in [-0.39, 0.29) is 17.2 Å². The molecule has 136 valence electrons. The first-order chi connectivity index (χ1) is 12.1. The number of amides is 1. The number of ether oxygens (including phenoxy) is 1. The van der Waals surface area contributed by atoms with E-state index < -0.39 is 38.9 Å². The van der Waals surface area contributed by atoms with Gasteiger partial charge in [-0.1, -0.05) is 17.7 Å². The van der Waals surface area contributed by atoms with Crippen LogP contribution in [0.25, 0.3) is 0 Å². The smallest absolute Gasteiger partial charge is 0.267 e. The molecular weight excluding hydrogens is 390 g/mol. The van der Waals surface area contributed by atoms with Crippen molar-refractivity contribution in [2.75, 3.05) is 6.26 Å². The number of nitrogens with one attached hydrogen (secondary N) is 1. The number of benzene rings is 2. The highest BCUT2D eigenvalue weighted by molar-refractivity contribution is 7.89. The van der Waals surface area contributed by atoms with Gasteiger partial charge in [0.05, 0.1) is 22.4 Å². The van der Waals surface area contributed by atoms with Gasteiger partial charge in [0.25, 0.3) is 5.91 Å². The van der Waals surface area contributed by atoms with Crippen LogP contribution in [0.3, 0.4) is 0 Å². The number of carbonyl (C=O) groups excluding carboxylic acids is 1. The van der Waals surface area contributed by atoms with Crippen molar-refractivity contribution in [2.24, 2.45) is 0 Å². The Kier molecular flexibility index (Phi) is 5.79. The van der Waals surface area contributed by atoms with Gasteiger partial charge in [-0.05, 0) is 23.8 Å². The highest BCUT2D eigenvalue weighted by atomic mass is 35.5. The summed E-state index contributed by atoms with van der Waals surface area (Å²) in [6.45, 7) is -0.183. The molecule has 2 aromatic rings. The second kappa shape index (κ2) is 7.68. The molecule has 0 saturated carbocycles. The number of hydrogen-bond donors (Lipinski definition) is 1. The molecule has 0 heterocycles. The third-order valence-corrected chi connectivity index (χ3v) is 3.98. The van der Waals surface area contributed by atoms with E-state index in [1.807, 2.05) is 6.07 Å². The number of hydrogen-bond acceptors (Lipinski definition) is 5. The molecule has 0 aliphatic heterocycles. The Morgan fingerprint density at radius 1 is 1.27 bits per heavy atom. The zero-order valence-corrected chi connectivity index (χ0v) is 14.8. The van der Waals surface area contributed by atoms with Crippen LogP contribution < -0.4 is 9.46 Å². The largest absolute Gasteiger partial charge is 0.486 e. The van der Waals surface area contributed by atoms with E-state index in [1.54, 1.807) is 10.8 Å². The average Bonchev–Trinajstić information content (AvgIpc) is 2.54. The van der Waals surface area contributed by atoms with E-state index in [1.165, 1.54) is 12.1 Å². The molecule has 0 bridgehead atoms. The Labute approximate surface area is 153 Å². The molecule has 0 unspecified atom stereocenters. The maximum Gasteiger partial charge on any atom is 0.267 e. The van der Waals surface area contributed by atoms with Crippen LogP contribution in [-0.2, 0) is 16.6 Å². The van der Waals surface area contributed by atoms with Crippen LogP contribution in [0.5, 0.6) is 5.75 Å². The quantitative estimate of drug-likeness (QED) is 0.832. The van der Waals surface area contributed by atoms with E-state index in [2.05, 4.69) is 0 Å². The molecule has 0 atom stereocenters. The lowest BCUT2D eigenvalue weighted by Gasteiger charge is -2.10. The molecule has 6 nitrogen and oxygen atoms in total. The minimum absolute atomic E-state index is 0.183. The van der Waals surface area contributed by atoms with Gasteiger partial charge in [0.2, 0.25) is 10.0 Å². The summed E-state index contributed by atoms with van der Waals surface area (Å²) < 4.78 is 56.8. The van der Waals surface area contributed by atoms with Crippen molar-refractivity contribution in [3.05, 3.63) is 63.7 Å². The van der Waals surface area contributed by atoms with Crippen LogP contribution in [0.1, 0.15) is 21.5 Å². The van der Waals surface area contributed by atoms with Gasteiger partial charge >= 0.3 is 0 Å². The van der Waals surface area contributed by atoms with Crippen molar-refractivity contribution >= 4 is 27.5 Å². The molecule has 0 radical (unpaired) electrons. The molecule has 0 fully saturated rings. The Hall–Kier alpha value is -2.70. The fourth-order valence-electron chi connectivity index (χ4n) is 1.95. The normalized spacial score (nSPS) is 10.9. The molecule has 10 heteroatoms. The molecular formula is C16H11ClF2N2O4S. The molecule has 26 heavy (non-hydrogen) atoms. The highest BCUT2D eigenvalue weighted by Gasteiger charge is 2.19. The SMILES string of the molecule is CS(=O)(=O)NC(=O)c1cc(F)c(OCc2ccc(Cl)c(C#N)c2)cc1F. The van der Waals surface area contributed by atoms with E-state index in [0.29, 0.717) is 24.0 Å². The fourth-order valence-corrected chi connectivity index (χ4v) is 2.55. The third-order valence-electron chi connectivity index (χ3n) is 3.09. The first-order valence-electron chi connectivity index (χ1n) is 6.93. The van der Waals surface area contributed by atoms with Gasteiger partial charge in [0.15, 0.2) is 11.6 Å². The van der Waals surface area contributed by atoms with Crippen LogP contribution in [0, 0.1) is 23.0 Å². The van der Waals surface area contributed by atoms with Gasteiger partial charge < -0.3 is 4.74 Å². The Morgan fingerprint density at radius 2 is 1.96 bits per heavy atom.